The normalized spacial score (nSPS) is 20.1. The summed E-state index contributed by atoms with van der Waals surface area (Å²) in [5.41, 5.74) is 1.25. The Bertz CT molecular complexity index is 526. The van der Waals surface area contributed by atoms with E-state index in [4.69, 9.17) is 0 Å². The van der Waals surface area contributed by atoms with Crippen LogP contribution in [0.2, 0.25) is 0 Å². The average Bonchev–Trinajstić information content (AvgIpc) is 3.15. The molecular formula is C21H30N2O. The van der Waals surface area contributed by atoms with Gasteiger partial charge in [-0.05, 0) is 17.9 Å². The maximum atomic E-state index is 12.4. The highest BCUT2D eigenvalue weighted by molar-refractivity contribution is 5.76. The van der Waals surface area contributed by atoms with Crippen molar-refractivity contribution < 1.29 is 4.79 Å². The molecule has 130 valence electrons. The Hall–Kier alpha value is -1.61. The van der Waals surface area contributed by atoms with E-state index in [-0.39, 0.29) is 0 Å². The Labute approximate surface area is 146 Å². The first-order chi connectivity index (χ1) is 11.8. The quantitative estimate of drug-likeness (QED) is 0.793. The molecule has 3 nitrogen and oxygen atoms in total. The number of piperazine rings is 1. The van der Waals surface area contributed by atoms with Crippen LogP contribution in [0.4, 0.5) is 0 Å². The molecule has 0 spiro atoms. The fourth-order valence-corrected chi connectivity index (χ4v) is 3.87. The molecule has 0 atom stereocenters. The smallest absolute Gasteiger partial charge is 0.222 e. The van der Waals surface area contributed by atoms with Crippen molar-refractivity contribution in [3.8, 4) is 0 Å². The Morgan fingerprint density at radius 1 is 1.04 bits per heavy atom. The maximum absolute atomic E-state index is 12.4. The molecule has 3 rings (SSSR count). The van der Waals surface area contributed by atoms with Crippen LogP contribution < -0.4 is 0 Å². The molecule has 0 radical (unpaired) electrons. The zero-order valence-electron chi connectivity index (χ0n) is 14.7. The van der Waals surface area contributed by atoms with E-state index in [2.05, 4.69) is 46.2 Å². The van der Waals surface area contributed by atoms with E-state index < -0.39 is 0 Å². The lowest BCUT2D eigenvalue weighted by Crippen LogP contribution is -2.48. The summed E-state index contributed by atoms with van der Waals surface area (Å²) < 4.78 is 0. The molecule has 1 aromatic rings. The standard InChI is InChI=1S/C21H30N2O/c24-21(13-12-20-9-4-5-10-20)23-17-15-22(16-18-23)14-6-11-19-7-2-1-3-8-19/h1-3,6-8,11,20H,4-5,9-10,12-18H2. The van der Waals surface area contributed by atoms with Gasteiger partial charge >= 0.3 is 0 Å². The van der Waals surface area contributed by atoms with Crippen LogP contribution in [-0.2, 0) is 4.79 Å². The highest BCUT2D eigenvalue weighted by Gasteiger charge is 2.22. The summed E-state index contributed by atoms with van der Waals surface area (Å²) in [6.45, 7) is 4.74. The molecule has 3 heteroatoms. The summed E-state index contributed by atoms with van der Waals surface area (Å²) >= 11 is 0. The van der Waals surface area contributed by atoms with Gasteiger partial charge in [0.1, 0.15) is 0 Å². The van der Waals surface area contributed by atoms with Gasteiger partial charge in [-0.2, -0.15) is 0 Å². The summed E-state index contributed by atoms with van der Waals surface area (Å²) in [6, 6.07) is 10.4. The zero-order chi connectivity index (χ0) is 16.6. The third-order valence-corrected chi connectivity index (χ3v) is 5.44. The van der Waals surface area contributed by atoms with Gasteiger partial charge < -0.3 is 4.90 Å². The molecule has 0 N–H and O–H groups in total. The van der Waals surface area contributed by atoms with Gasteiger partial charge in [-0.15, -0.1) is 0 Å². The van der Waals surface area contributed by atoms with Gasteiger partial charge in [0.2, 0.25) is 5.91 Å². The van der Waals surface area contributed by atoms with Crippen molar-refractivity contribution in [3.05, 3.63) is 42.0 Å². The van der Waals surface area contributed by atoms with Crippen molar-refractivity contribution in [2.24, 2.45) is 5.92 Å². The molecule has 1 amide bonds. The van der Waals surface area contributed by atoms with Gasteiger partial charge in [0, 0.05) is 39.1 Å². The summed E-state index contributed by atoms with van der Waals surface area (Å²) in [4.78, 5) is 16.9. The summed E-state index contributed by atoms with van der Waals surface area (Å²) in [6.07, 6.45) is 11.7. The number of hydrogen-bond donors (Lipinski definition) is 0. The van der Waals surface area contributed by atoms with Crippen molar-refractivity contribution >= 4 is 12.0 Å². The molecule has 1 heterocycles. The van der Waals surface area contributed by atoms with Crippen LogP contribution in [0.25, 0.3) is 6.08 Å². The summed E-state index contributed by atoms with van der Waals surface area (Å²) in [5.74, 6) is 1.19. The molecule has 1 aromatic carbocycles. The minimum absolute atomic E-state index is 0.376. The third kappa shape index (κ3) is 5.20. The second-order valence-electron chi connectivity index (χ2n) is 7.18. The average molecular weight is 326 g/mol. The molecule has 2 fully saturated rings. The number of carbonyl (C=O) groups is 1. The monoisotopic (exact) mass is 326 g/mol. The molecule has 1 saturated heterocycles. The summed E-state index contributed by atoms with van der Waals surface area (Å²) in [5, 5.41) is 0. The van der Waals surface area contributed by atoms with E-state index in [0.717, 1.165) is 51.5 Å². The van der Waals surface area contributed by atoms with Gasteiger partial charge in [-0.25, -0.2) is 0 Å². The molecule has 1 aliphatic heterocycles. The number of hydrogen-bond acceptors (Lipinski definition) is 2. The molecule has 0 aromatic heterocycles. The topological polar surface area (TPSA) is 23.6 Å². The largest absolute Gasteiger partial charge is 0.340 e. The molecule has 1 saturated carbocycles. The van der Waals surface area contributed by atoms with Crippen molar-refractivity contribution in [1.82, 2.24) is 9.80 Å². The van der Waals surface area contributed by atoms with Gasteiger partial charge in [-0.3, -0.25) is 9.69 Å². The molecule has 24 heavy (non-hydrogen) atoms. The van der Waals surface area contributed by atoms with Gasteiger partial charge in [0.15, 0.2) is 0 Å². The van der Waals surface area contributed by atoms with E-state index >= 15 is 0 Å². The minimum atomic E-state index is 0.376. The summed E-state index contributed by atoms with van der Waals surface area (Å²) in [7, 11) is 0. The highest BCUT2D eigenvalue weighted by Crippen LogP contribution is 2.28. The number of rotatable bonds is 6. The fourth-order valence-electron chi connectivity index (χ4n) is 3.87. The van der Waals surface area contributed by atoms with Crippen molar-refractivity contribution in [1.29, 1.82) is 0 Å². The lowest BCUT2D eigenvalue weighted by molar-refractivity contribution is -0.133. The molecule has 0 unspecified atom stereocenters. The SMILES string of the molecule is O=C(CCC1CCCC1)N1CCN(CC=Cc2ccccc2)CC1. The Morgan fingerprint density at radius 2 is 1.75 bits per heavy atom. The second-order valence-corrected chi connectivity index (χ2v) is 7.18. The number of amides is 1. The number of benzene rings is 1. The highest BCUT2D eigenvalue weighted by atomic mass is 16.2. The van der Waals surface area contributed by atoms with Gasteiger partial charge in [0.25, 0.3) is 0 Å². The van der Waals surface area contributed by atoms with E-state index in [1.807, 2.05) is 6.07 Å². The van der Waals surface area contributed by atoms with Crippen molar-refractivity contribution in [2.45, 2.75) is 38.5 Å². The van der Waals surface area contributed by atoms with E-state index in [0.29, 0.717) is 5.91 Å². The first-order valence-electron chi connectivity index (χ1n) is 9.53. The predicted octanol–water partition coefficient (Wildman–Crippen LogP) is 3.81. The van der Waals surface area contributed by atoms with Crippen LogP contribution >= 0.6 is 0 Å². The van der Waals surface area contributed by atoms with Crippen LogP contribution in [0.1, 0.15) is 44.1 Å². The van der Waals surface area contributed by atoms with Crippen molar-refractivity contribution in [3.63, 3.8) is 0 Å². The third-order valence-electron chi connectivity index (χ3n) is 5.44. The Kier molecular flexibility index (Phi) is 6.48. The van der Waals surface area contributed by atoms with Crippen LogP contribution in [0, 0.1) is 5.92 Å². The number of carbonyl (C=O) groups excluding carboxylic acids is 1. The van der Waals surface area contributed by atoms with Crippen LogP contribution in [-0.4, -0.2) is 48.4 Å². The van der Waals surface area contributed by atoms with Crippen molar-refractivity contribution in [2.75, 3.05) is 32.7 Å². The van der Waals surface area contributed by atoms with Gasteiger partial charge in [-0.1, -0.05) is 68.2 Å². The molecular weight excluding hydrogens is 296 g/mol. The minimum Gasteiger partial charge on any atom is -0.340 e. The van der Waals surface area contributed by atoms with Gasteiger partial charge in [0.05, 0.1) is 0 Å². The second kappa shape index (κ2) is 9.03. The Balaban J connectivity index is 1.34. The Morgan fingerprint density at radius 3 is 2.46 bits per heavy atom. The maximum Gasteiger partial charge on any atom is 0.222 e. The van der Waals surface area contributed by atoms with Crippen LogP contribution in [0.3, 0.4) is 0 Å². The lowest BCUT2D eigenvalue weighted by atomic mass is 10.0. The lowest BCUT2D eigenvalue weighted by Gasteiger charge is -2.34. The fraction of sp³-hybridized carbons (Fsp3) is 0.571. The number of nitrogens with zero attached hydrogens (tertiary/aromatic N) is 2. The van der Waals surface area contributed by atoms with E-state index in [1.165, 1.54) is 31.2 Å². The first kappa shape index (κ1) is 17.2. The van der Waals surface area contributed by atoms with Crippen LogP contribution in [0.5, 0.6) is 0 Å². The zero-order valence-corrected chi connectivity index (χ0v) is 14.7. The molecule has 2 aliphatic rings. The predicted molar refractivity (Wildman–Crippen MR) is 99.7 cm³/mol. The first-order valence-corrected chi connectivity index (χ1v) is 9.53. The molecule has 0 bridgehead atoms. The van der Waals surface area contributed by atoms with Crippen LogP contribution in [0.15, 0.2) is 36.4 Å². The van der Waals surface area contributed by atoms with E-state index in [9.17, 15) is 4.79 Å². The van der Waals surface area contributed by atoms with E-state index in [1.54, 1.807) is 0 Å². The molecule has 1 aliphatic carbocycles.